The first-order valence-electron chi connectivity index (χ1n) is 11.9. The standard InChI is InChI=1S/C26H31F3N6O/c1-16-15-34(23-18(3)17(2)21(32-33-23)13-19-9-7-6-8-10-19)11-12-35(16)24-30-14-20(25(4,5)36)22(31-24)26(27,28)29/h6-10,14,16,36H,11-13,15H2,1-5H3. The van der Waals surface area contributed by atoms with Crippen LogP contribution in [0.2, 0.25) is 0 Å². The molecule has 4 rings (SSSR count). The van der Waals surface area contributed by atoms with Crippen molar-refractivity contribution in [2.24, 2.45) is 0 Å². The minimum Gasteiger partial charge on any atom is -0.386 e. The van der Waals surface area contributed by atoms with Crippen molar-refractivity contribution < 1.29 is 18.3 Å². The van der Waals surface area contributed by atoms with Crippen LogP contribution in [0.5, 0.6) is 0 Å². The molecule has 0 radical (unpaired) electrons. The van der Waals surface area contributed by atoms with Crippen LogP contribution in [-0.4, -0.2) is 50.9 Å². The van der Waals surface area contributed by atoms with Crippen LogP contribution in [0.4, 0.5) is 24.9 Å². The SMILES string of the molecule is Cc1c(Cc2ccccc2)nnc(N2CCN(c3ncc(C(C)(C)O)c(C(F)(F)F)n3)C(C)C2)c1C. The number of halogens is 3. The molecule has 10 heteroatoms. The molecule has 1 aromatic carbocycles. The average Bonchev–Trinajstić information content (AvgIpc) is 2.81. The molecule has 192 valence electrons. The summed E-state index contributed by atoms with van der Waals surface area (Å²) < 4.78 is 41.1. The fraction of sp³-hybridized carbons (Fsp3) is 0.462. The average molecular weight is 501 g/mol. The van der Waals surface area contributed by atoms with Gasteiger partial charge in [-0.2, -0.15) is 18.3 Å². The highest BCUT2D eigenvalue weighted by atomic mass is 19.4. The lowest BCUT2D eigenvalue weighted by atomic mass is 9.98. The third-order valence-corrected chi connectivity index (χ3v) is 6.70. The summed E-state index contributed by atoms with van der Waals surface area (Å²) in [5, 5.41) is 19.2. The van der Waals surface area contributed by atoms with Crippen LogP contribution in [0.15, 0.2) is 36.5 Å². The van der Waals surface area contributed by atoms with E-state index >= 15 is 0 Å². The zero-order valence-electron chi connectivity index (χ0n) is 21.1. The van der Waals surface area contributed by atoms with Gasteiger partial charge in [-0.3, -0.25) is 0 Å². The van der Waals surface area contributed by atoms with E-state index in [0.29, 0.717) is 26.1 Å². The van der Waals surface area contributed by atoms with Crippen LogP contribution in [0.3, 0.4) is 0 Å². The Morgan fingerprint density at radius 3 is 2.33 bits per heavy atom. The Morgan fingerprint density at radius 2 is 1.72 bits per heavy atom. The third kappa shape index (κ3) is 5.28. The van der Waals surface area contributed by atoms with Gasteiger partial charge in [0.2, 0.25) is 5.95 Å². The lowest BCUT2D eigenvalue weighted by Crippen LogP contribution is -2.53. The van der Waals surface area contributed by atoms with Crippen LogP contribution in [0.1, 0.15) is 54.4 Å². The maximum absolute atomic E-state index is 13.7. The first kappa shape index (κ1) is 25.8. The van der Waals surface area contributed by atoms with Crippen molar-refractivity contribution in [1.29, 1.82) is 0 Å². The smallest absolute Gasteiger partial charge is 0.386 e. The fourth-order valence-electron chi connectivity index (χ4n) is 4.52. The van der Waals surface area contributed by atoms with Crippen molar-refractivity contribution in [1.82, 2.24) is 20.2 Å². The lowest BCUT2D eigenvalue weighted by molar-refractivity contribution is -0.144. The Morgan fingerprint density at radius 1 is 1.03 bits per heavy atom. The summed E-state index contributed by atoms with van der Waals surface area (Å²) in [7, 11) is 0. The first-order valence-corrected chi connectivity index (χ1v) is 11.9. The maximum Gasteiger partial charge on any atom is 0.433 e. The van der Waals surface area contributed by atoms with E-state index in [1.807, 2.05) is 39.0 Å². The summed E-state index contributed by atoms with van der Waals surface area (Å²) in [5.41, 5.74) is 1.05. The van der Waals surface area contributed by atoms with Crippen LogP contribution >= 0.6 is 0 Å². The second-order valence-electron chi connectivity index (χ2n) is 9.86. The van der Waals surface area contributed by atoms with Crippen LogP contribution in [-0.2, 0) is 18.2 Å². The lowest BCUT2D eigenvalue weighted by Gasteiger charge is -2.41. The Labute approximate surface area is 209 Å². The molecular formula is C26H31F3N6O. The molecule has 2 aromatic heterocycles. The Kier molecular flexibility index (Phi) is 6.92. The molecule has 0 saturated carbocycles. The first-order chi connectivity index (χ1) is 16.9. The van der Waals surface area contributed by atoms with Gasteiger partial charge in [0.25, 0.3) is 0 Å². The van der Waals surface area contributed by atoms with Gasteiger partial charge in [0.15, 0.2) is 11.5 Å². The molecule has 0 bridgehead atoms. The molecular weight excluding hydrogens is 469 g/mol. The molecule has 3 heterocycles. The van der Waals surface area contributed by atoms with Gasteiger partial charge in [0, 0.05) is 43.9 Å². The summed E-state index contributed by atoms with van der Waals surface area (Å²) in [6, 6.07) is 9.93. The summed E-state index contributed by atoms with van der Waals surface area (Å²) >= 11 is 0. The molecule has 7 nitrogen and oxygen atoms in total. The fourth-order valence-corrected chi connectivity index (χ4v) is 4.52. The molecule has 1 unspecified atom stereocenters. The molecule has 36 heavy (non-hydrogen) atoms. The normalized spacial score (nSPS) is 17.0. The monoisotopic (exact) mass is 500 g/mol. The maximum atomic E-state index is 13.7. The van der Waals surface area contributed by atoms with Crippen molar-refractivity contribution in [2.45, 2.75) is 58.9 Å². The van der Waals surface area contributed by atoms with E-state index in [9.17, 15) is 18.3 Å². The zero-order valence-corrected chi connectivity index (χ0v) is 21.1. The largest absolute Gasteiger partial charge is 0.433 e. The van der Waals surface area contributed by atoms with Crippen molar-refractivity contribution in [3.63, 3.8) is 0 Å². The number of hydrogen-bond donors (Lipinski definition) is 1. The Balaban J connectivity index is 1.54. The van der Waals surface area contributed by atoms with Gasteiger partial charge in [0.05, 0.1) is 11.3 Å². The minimum atomic E-state index is -4.70. The van der Waals surface area contributed by atoms with Gasteiger partial charge in [-0.05, 0) is 51.3 Å². The van der Waals surface area contributed by atoms with E-state index < -0.39 is 17.5 Å². The van der Waals surface area contributed by atoms with Gasteiger partial charge in [0.1, 0.15) is 0 Å². The number of anilines is 2. The molecule has 3 aromatic rings. The second-order valence-corrected chi connectivity index (χ2v) is 9.86. The Hall–Kier alpha value is -3.27. The quantitative estimate of drug-likeness (QED) is 0.555. The summed E-state index contributed by atoms with van der Waals surface area (Å²) in [4.78, 5) is 11.9. The van der Waals surface area contributed by atoms with E-state index in [1.165, 1.54) is 13.8 Å². The molecule has 0 spiro atoms. The number of aromatic nitrogens is 4. The number of hydrogen-bond acceptors (Lipinski definition) is 7. The van der Waals surface area contributed by atoms with E-state index in [-0.39, 0.29) is 17.6 Å². The molecule has 1 saturated heterocycles. The van der Waals surface area contributed by atoms with Gasteiger partial charge in [-0.1, -0.05) is 30.3 Å². The molecule has 1 aliphatic rings. The van der Waals surface area contributed by atoms with Crippen molar-refractivity contribution in [3.8, 4) is 0 Å². The third-order valence-electron chi connectivity index (χ3n) is 6.70. The molecule has 1 atom stereocenters. The molecule has 1 aliphatic heterocycles. The number of rotatable bonds is 5. The van der Waals surface area contributed by atoms with Gasteiger partial charge < -0.3 is 14.9 Å². The number of alkyl halides is 3. The van der Waals surface area contributed by atoms with Crippen molar-refractivity contribution >= 4 is 11.8 Å². The molecule has 1 fully saturated rings. The van der Waals surface area contributed by atoms with Gasteiger partial charge in [-0.25, -0.2) is 9.97 Å². The molecule has 0 amide bonds. The Bertz CT molecular complexity index is 1230. The highest BCUT2D eigenvalue weighted by Gasteiger charge is 2.41. The van der Waals surface area contributed by atoms with Crippen LogP contribution in [0.25, 0.3) is 0 Å². The number of benzene rings is 1. The van der Waals surface area contributed by atoms with Crippen LogP contribution < -0.4 is 9.80 Å². The highest BCUT2D eigenvalue weighted by molar-refractivity contribution is 5.52. The van der Waals surface area contributed by atoms with Crippen molar-refractivity contribution in [3.05, 3.63) is 70.2 Å². The highest BCUT2D eigenvalue weighted by Crippen LogP contribution is 2.36. The number of piperazine rings is 1. The van der Waals surface area contributed by atoms with Crippen LogP contribution in [0, 0.1) is 13.8 Å². The minimum absolute atomic E-state index is 0.000305. The molecule has 1 N–H and O–H groups in total. The summed E-state index contributed by atoms with van der Waals surface area (Å²) in [6.45, 7) is 10.1. The van der Waals surface area contributed by atoms with E-state index in [4.69, 9.17) is 0 Å². The number of nitrogens with zero attached hydrogens (tertiary/aromatic N) is 6. The topological polar surface area (TPSA) is 78.3 Å². The van der Waals surface area contributed by atoms with E-state index in [1.54, 1.807) is 4.90 Å². The second kappa shape index (κ2) is 9.65. The predicted molar refractivity (Wildman–Crippen MR) is 132 cm³/mol. The summed E-state index contributed by atoms with van der Waals surface area (Å²) in [5.74, 6) is 0.782. The van der Waals surface area contributed by atoms with Gasteiger partial charge in [-0.15, -0.1) is 5.10 Å². The van der Waals surface area contributed by atoms with Crippen molar-refractivity contribution in [2.75, 3.05) is 29.4 Å². The molecule has 0 aliphatic carbocycles. The zero-order chi connectivity index (χ0) is 26.3. The number of aliphatic hydroxyl groups is 1. The van der Waals surface area contributed by atoms with Gasteiger partial charge >= 0.3 is 6.18 Å². The summed E-state index contributed by atoms with van der Waals surface area (Å²) in [6.07, 6.45) is -2.93. The van der Waals surface area contributed by atoms with E-state index in [2.05, 4.69) is 37.2 Å². The van der Waals surface area contributed by atoms with E-state index in [0.717, 1.165) is 34.4 Å². The predicted octanol–water partition coefficient (Wildman–Crippen LogP) is 4.44.